The van der Waals surface area contributed by atoms with Gasteiger partial charge in [0.25, 0.3) is 11.7 Å². The molecule has 2 saturated heterocycles. The molecule has 1 atom stereocenters. The Kier molecular flexibility index (Phi) is 5.51. The Labute approximate surface area is 190 Å². The van der Waals surface area contributed by atoms with E-state index in [1.807, 2.05) is 19.1 Å². The summed E-state index contributed by atoms with van der Waals surface area (Å²) in [6.45, 7) is 7.47. The first-order valence-corrected chi connectivity index (χ1v) is 11.0. The number of ketones is 1. The van der Waals surface area contributed by atoms with E-state index in [0.29, 0.717) is 49.1 Å². The number of Topliss-reactive ketones (excluding diaryl/α,β-unsaturated/α-hetero) is 1. The van der Waals surface area contributed by atoms with Crippen LogP contribution in [0.5, 0.6) is 0 Å². The number of carbonyl (C=O) groups excluding carboxylic acids is 2. The Morgan fingerprint density at radius 3 is 2.67 bits per heavy atom. The van der Waals surface area contributed by atoms with Gasteiger partial charge in [0.15, 0.2) is 5.76 Å². The molecule has 0 spiro atoms. The van der Waals surface area contributed by atoms with Crippen LogP contribution in [-0.2, 0) is 14.3 Å². The highest BCUT2D eigenvalue weighted by Crippen LogP contribution is 2.40. The third-order valence-electron chi connectivity index (χ3n) is 6.36. The molecule has 33 heavy (non-hydrogen) atoms. The monoisotopic (exact) mass is 450 g/mol. The number of hydrogen-bond donors (Lipinski definition) is 1. The van der Waals surface area contributed by atoms with E-state index >= 15 is 0 Å². The number of rotatable bonds is 5. The lowest BCUT2D eigenvalue weighted by atomic mass is 10.0. The van der Waals surface area contributed by atoms with Gasteiger partial charge in [-0.1, -0.05) is 6.07 Å². The second-order valence-electron chi connectivity index (χ2n) is 8.39. The number of fused-ring (bicyclic) bond motifs is 1. The van der Waals surface area contributed by atoms with E-state index in [1.165, 1.54) is 11.2 Å². The van der Waals surface area contributed by atoms with E-state index in [2.05, 4.69) is 9.88 Å². The highest BCUT2D eigenvalue weighted by atomic mass is 16.5. The Morgan fingerprint density at radius 2 is 1.94 bits per heavy atom. The predicted molar refractivity (Wildman–Crippen MR) is 120 cm³/mol. The summed E-state index contributed by atoms with van der Waals surface area (Å²) in [7, 11) is 0. The molecule has 0 bridgehead atoms. The van der Waals surface area contributed by atoms with Gasteiger partial charge in [0.05, 0.1) is 30.7 Å². The molecule has 9 nitrogen and oxygen atoms in total. The van der Waals surface area contributed by atoms with Gasteiger partial charge >= 0.3 is 0 Å². The molecule has 0 aliphatic carbocycles. The quantitative estimate of drug-likeness (QED) is 0.362. The van der Waals surface area contributed by atoms with Crippen LogP contribution in [0.2, 0.25) is 0 Å². The van der Waals surface area contributed by atoms with Crippen LogP contribution in [0.1, 0.15) is 28.8 Å². The number of carbonyl (C=O) groups is 2. The summed E-state index contributed by atoms with van der Waals surface area (Å²) in [5.74, 6) is -1.19. The normalized spacial score (nSPS) is 21.4. The van der Waals surface area contributed by atoms with E-state index in [0.717, 1.165) is 18.7 Å². The van der Waals surface area contributed by atoms with Gasteiger partial charge in [0, 0.05) is 32.4 Å². The van der Waals surface area contributed by atoms with Crippen molar-refractivity contribution < 1.29 is 23.8 Å². The molecular formula is C24H26N4O5. The average Bonchev–Trinajstić information content (AvgIpc) is 3.51. The van der Waals surface area contributed by atoms with Crippen molar-refractivity contribution >= 4 is 23.1 Å². The first-order chi connectivity index (χ1) is 16.0. The van der Waals surface area contributed by atoms with Gasteiger partial charge in [0.2, 0.25) is 0 Å². The van der Waals surface area contributed by atoms with Crippen LogP contribution in [-0.4, -0.2) is 75.4 Å². The maximum atomic E-state index is 13.2. The molecule has 1 amide bonds. The van der Waals surface area contributed by atoms with E-state index in [4.69, 9.17) is 9.15 Å². The standard InChI is InChI=1S/C24H26N4O5/c1-15-5-3-7-27-19(16(2)25-23(15)27)21(29)18-20(17-6-4-12-33-17)28(24(31)22(18)30)9-8-26-10-13-32-14-11-26/h3-7,12,20,29H,8-11,13-14H2,1-2H3/b21-18+/t20-/m0/s1. The third kappa shape index (κ3) is 3.63. The van der Waals surface area contributed by atoms with Crippen molar-refractivity contribution in [1.82, 2.24) is 19.2 Å². The van der Waals surface area contributed by atoms with Crippen molar-refractivity contribution in [3.05, 3.63) is 65.0 Å². The van der Waals surface area contributed by atoms with Crippen LogP contribution in [0, 0.1) is 13.8 Å². The minimum Gasteiger partial charge on any atom is -0.505 e. The molecule has 1 N–H and O–H groups in total. The summed E-state index contributed by atoms with van der Waals surface area (Å²) in [5.41, 5.74) is 2.61. The minimum absolute atomic E-state index is 0.0170. The molecule has 2 aliphatic heterocycles. The molecule has 0 saturated carbocycles. The largest absolute Gasteiger partial charge is 0.505 e. The molecule has 0 unspecified atom stereocenters. The topological polar surface area (TPSA) is 101 Å². The molecule has 0 radical (unpaired) electrons. The van der Waals surface area contributed by atoms with Gasteiger partial charge in [-0.15, -0.1) is 0 Å². The summed E-state index contributed by atoms with van der Waals surface area (Å²) in [6, 6.07) is 6.40. The SMILES string of the molecule is Cc1nc2c(C)cccn2c1/C(O)=C1\C(=O)C(=O)N(CCN2CCOCC2)[C@H]1c1ccco1. The molecular weight excluding hydrogens is 424 g/mol. The zero-order valence-electron chi connectivity index (χ0n) is 18.7. The fraction of sp³-hybridized carbons (Fsp3) is 0.375. The maximum Gasteiger partial charge on any atom is 0.295 e. The van der Waals surface area contributed by atoms with Gasteiger partial charge < -0.3 is 19.2 Å². The zero-order valence-corrected chi connectivity index (χ0v) is 18.7. The van der Waals surface area contributed by atoms with Gasteiger partial charge in [-0.2, -0.15) is 0 Å². The number of likely N-dealkylation sites (tertiary alicyclic amines) is 1. The summed E-state index contributed by atoms with van der Waals surface area (Å²) in [4.78, 5) is 34.6. The first kappa shape index (κ1) is 21.4. The number of imidazole rings is 1. The number of aryl methyl sites for hydroxylation is 2. The van der Waals surface area contributed by atoms with Crippen LogP contribution in [0.4, 0.5) is 0 Å². The molecule has 2 fully saturated rings. The zero-order chi connectivity index (χ0) is 23.1. The summed E-state index contributed by atoms with van der Waals surface area (Å²) in [5, 5.41) is 11.4. The van der Waals surface area contributed by atoms with E-state index in [1.54, 1.807) is 29.7 Å². The Bertz CT molecular complexity index is 1240. The number of ether oxygens (including phenoxy) is 1. The highest BCUT2D eigenvalue weighted by Gasteiger charge is 2.47. The van der Waals surface area contributed by atoms with Crippen LogP contribution in [0.3, 0.4) is 0 Å². The number of amides is 1. The number of aromatic nitrogens is 2. The molecule has 5 heterocycles. The van der Waals surface area contributed by atoms with Crippen molar-refractivity contribution in [1.29, 1.82) is 0 Å². The maximum absolute atomic E-state index is 13.2. The first-order valence-electron chi connectivity index (χ1n) is 11.0. The van der Waals surface area contributed by atoms with Crippen LogP contribution >= 0.6 is 0 Å². The Morgan fingerprint density at radius 1 is 1.15 bits per heavy atom. The van der Waals surface area contributed by atoms with Crippen molar-refractivity contribution in [2.75, 3.05) is 39.4 Å². The van der Waals surface area contributed by atoms with Gasteiger partial charge in [-0.05, 0) is 37.6 Å². The molecule has 172 valence electrons. The Hall–Kier alpha value is -3.43. The average molecular weight is 450 g/mol. The molecule has 3 aromatic heterocycles. The second kappa shape index (κ2) is 8.49. The summed E-state index contributed by atoms with van der Waals surface area (Å²) < 4.78 is 12.8. The number of furan rings is 1. The molecule has 3 aromatic rings. The number of hydrogen-bond acceptors (Lipinski definition) is 7. The van der Waals surface area contributed by atoms with E-state index in [-0.39, 0.29) is 11.3 Å². The van der Waals surface area contributed by atoms with Gasteiger partial charge in [-0.3, -0.25) is 18.9 Å². The fourth-order valence-corrected chi connectivity index (χ4v) is 4.66. The van der Waals surface area contributed by atoms with E-state index in [9.17, 15) is 14.7 Å². The lowest BCUT2D eigenvalue weighted by Crippen LogP contribution is -2.42. The van der Waals surface area contributed by atoms with Crippen LogP contribution < -0.4 is 0 Å². The smallest absolute Gasteiger partial charge is 0.295 e. The summed E-state index contributed by atoms with van der Waals surface area (Å²) in [6.07, 6.45) is 3.29. The summed E-state index contributed by atoms with van der Waals surface area (Å²) >= 11 is 0. The molecule has 0 aromatic carbocycles. The van der Waals surface area contributed by atoms with E-state index < -0.39 is 17.7 Å². The van der Waals surface area contributed by atoms with Gasteiger partial charge in [0.1, 0.15) is 23.1 Å². The number of aliphatic hydroxyl groups is 1. The number of nitrogens with zero attached hydrogens (tertiary/aromatic N) is 4. The predicted octanol–water partition coefficient (Wildman–Crippen LogP) is 2.30. The number of aliphatic hydroxyl groups excluding tert-OH is 1. The Balaban J connectivity index is 1.59. The van der Waals surface area contributed by atoms with Gasteiger partial charge in [-0.25, -0.2) is 4.98 Å². The second-order valence-corrected chi connectivity index (χ2v) is 8.39. The third-order valence-corrected chi connectivity index (χ3v) is 6.36. The lowest BCUT2D eigenvalue weighted by Gasteiger charge is -2.30. The number of pyridine rings is 1. The minimum atomic E-state index is -0.809. The van der Waals surface area contributed by atoms with Crippen molar-refractivity contribution in [2.45, 2.75) is 19.9 Å². The van der Waals surface area contributed by atoms with Crippen LogP contribution in [0.25, 0.3) is 11.4 Å². The van der Waals surface area contributed by atoms with Crippen LogP contribution in [0.15, 0.2) is 46.7 Å². The van der Waals surface area contributed by atoms with Crippen molar-refractivity contribution in [2.24, 2.45) is 0 Å². The molecule has 5 rings (SSSR count). The van der Waals surface area contributed by atoms with Crippen molar-refractivity contribution in [3.63, 3.8) is 0 Å². The number of morpholine rings is 1. The van der Waals surface area contributed by atoms with Crippen molar-refractivity contribution in [3.8, 4) is 0 Å². The fourth-order valence-electron chi connectivity index (χ4n) is 4.66. The molecule has 2 aliphatic rings. The lowest BCUT2D eigenvalue weighted by molar-refractivity contribution is -0.140. The molecule has 9 heteroatoms. The highest BCUT2D eigenvalue weighted by molar-refractivity contribution is 6.46.